The average Bonchev–Trinajstić information content (AvgIpc) is 2.32. The van der Waals surface area contributed by atoms with Gasteiger partial charge >= 0.3 is 0 Å². The Morgan fingerprint density at radius 2 is 2.45 bits per heavy atom. The van der Waals surface area contributed by atoms with Crippen LogP contribution in [0.3, 0.4) is 0 Å². The monoisotopic (exact) mass is 170 g/mol. The van der Waals surface area contributed by atoms with E-state index in [0.717, 1.165) is 23.2 Å². The van der Waals surface area contributed by atoms with Crippen molar-refractivity contribution in [3.8, 4) is 0 Å². The number of nitrogens with zero attached hydrogens (tertiary/aromatic N) is 2. The van der Waals surface area contributed by atoms with E-state index in [-0.39, 0.29) is 0 Å². The van der Waals surface area contributed by atoms with Gasteiger partial charge in [0.15, 0.2) is 5.82 Å². The molecule has 0 aromatic carbocycles. The topological polar surface area (TPSA) is 67.6 Å². The van der Waals surface area contributed by atoms with Crippen LogP contribution in [0.4, 0.5) is 0 Å². The van der Waals surface area contributed by atoms with Crippen molar-refractivity contribution in [2.45, 2.75) is 12.5 Å². The molecule has 0 unspecified atom stereocenters. The number of hydrogen-bond acceptors (Lipinski definition) is 4. The van der Waals surface area contributed by atoms with Crippen LogP contribution < -0.4 is 5.73 Å². The molecule has 0 saturated carbocycles. The summed E-state index contributed by atoms with van der Waals surface area (Å²) in [6.07, 6.45) is 0. The first-order chi connectivity index (χ1) is 5.40. The van der Waals surface area contributed by atoms with E-state index in [2.05, 4.69) is 15.2 Å². The lowest BCUT2D eigenvalue weighted by Crippen LogP contribution is -2.17. The van der Waals surface area contributed by atoms with Gasteiger partial charge in [-0.05, 0) is 0 Å². The van der Waals surface area contributed by atoms with E-state index in [4.69, 9.17) is 5.73 Å². The Morgan fingerprint density at radius 3 is 2.91 bits per heavy atom. The van der Waals surface area contributed by atoms with Crippen LogP contribution in [0.15, 0.2) is 0 Å². The Balaban J connectivity index is 2.11. The van der Waals surface area contributed by atoms with Gasteiger partial charge in [0.25, 0.3) is 0 Å². The summed E-state index contributed by atoms with van der Waals surface area (Å²) in [5, 5.41) is 6.89. The maximum Gasteiger partial charge on any atom is 0.155 e. The number of aromatic nitrogens is 3. The summed E-state index contributed by atoms with van der Waals surface area (Å²) in [6.45, 7) is 0.451. The number of nitrogens with two attached hydrogens (primary N) is 1. The van der Waals surface area contributed by atoms with Crippen LogP contribution in [-0.4, -0.2) is 26.7 Å². The molecule has 5 heteroatoms. The SMILES string of the molecule is NCc1nc(C2CSC2)n[nH]1. The molecule has 60 valence electrons. The van der Waals surface area contributed by atoms with Crippen molar-refractivity contribution in [3.05, 3.63) is 11.6 Å². The minimum atomic E-state index is 0.451. The van der Waals surface area contributed by atoms with Crippen LogP contribution in [0.1, 0.15) is 17.6 Å². The van der Waals surface area contributed by atoms with Crippen molar-refractivity contribution < 1.29 is 0 Å². The molecule has 0 bridgehead atoms. The van der Waals surface area contributed by atoms with Crippen molar-refractivity contribution in [1.29, 1.82) is 0 Å². The van der Waals surface area contributed by atoms with E-state index in [1.165, 1.54) is 0 Å². The third-order valence-corrected chi connectivity index (χ3v) is 3.02. The molecule has 0 spiro atoms. The Kier molecular flexibility index (Phi) is 1.83. The first-order valence-corrected chi connectivity index (χ1v) is 4.74. The fraction of sp³-hybridized carbons (Fsp3) is 0.667. The summed E-state index contributed by atoms with van der Waals surface area (Å²) in [5.41, 5.74) is 5.38. The molecule has 1 aliphatic rings. The molecule has 1 saturated heterocycles. The van der Waals surface area contributed by atoms with Crippen LogP contribution in [0.2, 0.25) is 0 Å². The third-order valence-electron chi connectivity index (χ3n) is 1.75. The quantitative estimate of drug-likeness (QED) is 0.660. The molecule has 1 aromatic rings. The maximum absolute atomic E-state index is 5.38. The van der Waals surface area contributed by atoms with Crippen LogP contribution >= 0.6 is 11.8 Å². The summed E-state index contributed by atoms with van der Waals surface area (Å²) in [4.78, 5) is 4.25. The highest BCUT2D eigenvalue weighted by Crippen LogP contribution is 2.31. The molecule has 4 nitrogen and oxygen atoms in total. The molecule has 0 atom stereocenters. The molecule has 1 aromatic heterocycles. The fourth-order valence-electron chi connectivity index (χ4n) is 0.969. The van der Waals surface area contributed by atoms with Crippen LogP contribution in [-0.2, 0) is 6.54 Å². The zero-order valence-electron chi connectivity index (χ0n) is 6.08. The molecular formula is C6H10N4S. The van der Waals surface area contributed by atoms with Gasteiger partial charge in [0.2, 0.25) is 0 Å². The summed E-state index contributed by atoms with van der Waals surface area (Å²) < 4.78 is 0. The lowest BCUT2D eigenvalue weighted by atomic mass is 10.2. The number of H-pyrrole nitrogens is 1. The van der Waals surface area contributed by atoms with Gasteiger partial charge in [-0.2, -0.15) is 16.9 Å². The molecule has 0 aliphatic carbocycles. The summed E-state index contributed by atoms with van der Waals surface area (Å²) in [7, 11) is 0. The van der Waals surface area contributed by atoms with Gasteiger partial charge in [-0.1, -0.05) is 0 Å². The van der Waals surface area contributed by atoms with Crippen molar-refractivity contribution in [3.63, 3.8) is 0 Å². The first-order valence-electron chi connectivity index (χ1n) is 3.59. The third kappa shape index (κ3) is 1.25. The van der Waals surface area contributed by atoms with Crippen molar-refractivity contribution in [1.82, 2.24) is 15.2 Å². The average molecular weight is 170 g/mol. The fourth-order valence-corrected chi connectivity index (χ4v) is 1.74. The first kappa shape index (κ1) is 7.12. The normalized spacial score (nSPS) is 18.3. The molecule has 3 N–H and O–H groups in total. The molecule has 2 rings (SSSR count). The number of hydrogen-bond donors (Lipinski definition) is 2. The van der Waals surface area contributed by atoms with Crippen molar-refractivity contribution in [2.75, 3.05) is 11.5 Å². The lowest BCUT2D eigenvalue weighted by molar-refractivity contribution is 0.769. The maximum atomic E-state index is 5.38. The number of thioether (sulfide) groups is 1. The Morgan fingerprint density at radius 1 is 1.64 bits per heavy atom. The van der Waals surface area contributed by atoms with E-state index < -0.39 is 0 Å². The molecule has 0 amide bonds. The second-order valence-corrected chi connectivity index (χ2v) is 3.65. The second kappa shape index (κ2) is 2.83. The highest BCUT2D eigenvalue weighted by Gasteiger charge is 2.23. The molecule has 2 heterocycles. The molecule has 1 aliphatic heterocycles. The number of rotatable bonds is 2. The van der Waals surface area contributed by atoms with Crippen LogP contribution in [0, 0.1) is 0 Å². The largest absolute Gasteiger partial charge is 0.324 e. The van der Waals surface area contributed by atoms with Gasteiger partial charge < -0.3 is 5.73 Å². The van der Waals surface area contributed by atoms with Crippen molar-refractivity contribution in [2.24, 2.45) is 5.73 Å². The van der Waals surface area contributed by atoms with Gasteiger partial charge in [0, 0.05) is 17.4 Å². The van der Waals surface area contributed by atoms with Crippen molar-refractivity contribution >= 4 is 11.8 Å². The van der Waals surface area contributed by atoms with E-state index in [0.29, 0.717) is 12.5 Å². The molecule has 1 fully saturated rings. The summed E-state index contributed by atoms with van der Waals surface area (Å²) in [5.74, 6) is 4.60. The zero-order valence-corrected chi connectivity index (χ0v) is 6.90. The summed E-state index contributed by atoms with van der Waals surface area (Å²) >= 11 is 1.93. The summed E-state index contributed by atoms with van der Waals surface area (Å²) in [6, 6.07) is 0. The van der Waals surface area contributed by atoms with Crippen LogP contribution in [0.25, 0.3) is 0 Å². The van der Waals surface area contributed by atoms with E-state index >= 15 is 0 Å². The second-order valence-electron chi connectivity index (χ2n) is 2.58. The van der Waals surface area contributed by atoms with Gasteiger partial charge in [-0.3, -0.25) is 5.10 Å². The minimum Gasteiger partial charge on any atom is -0.324 e. The van der Waals surface area contributed by atoms with Crippen LogP contribution in [0.5, 0.6) is 0 Å². The highest BCUT2D eigenvalue weighted by atomic mass is 32.2. The predicted molar refractivity (Wildman–Crippen MR) is 44.3 cm³/mol. The highest BCUT2D eigenvalue weighted by molar-refractivity contribution is 8.00. The minimum absolute atomic E-state index is 0.451. The Bertz CT molecular complexity index is 242. The number of aromatic amines is 1. The van der Waals surface area contributed by atoms with Gasteiger partial charge in [-0.25, -0.2) is 4.98 Å². The van der Waals surface area contributed by atoms with Gasteiger partial charge in [-0.15, -0.1) is 0 Å². The lowest BCUT2D eigenvalue weighted by Gasteiger charge is -2.20. The van der Waals surface area contributed by atoms with E-state index in [1.807, 2.05) is 11.8 Å². The molecule has 0 radical (unpaired) electrons. The number of nitrogens with one attached hydrogen (secondary N) is 1. The molecular weight excluding hydrogens is 160 g/mol. The van der Waals surface area contributed by atoms with E-state index in [1.54, 1.807) is 0 Å². The molecule has 11 heavy (non-hydrogen) atoms. The van der Waals surface area contributed by atoms with E-state index in [9.17, 15) is 0 Å². The Hall–Kier alpha value is -0.550. The standard InChI is InChI=1S/C6H10N4S/c7-1-5-8-6(10-9-5)4-2-11-3-4/h4H,1-3,7H2,(H,8,9,10). The van der Waals surface area contributed by atoms with Gasteiger partial charge in [0.1, 0.15) is 5.82 Å². The van der Waals surface area contributed by atoms with Gasteiger partial charge in [0.05, 0.1) is 6.54 Å². The smallest absolute Gasteiger partial charge is 0.155 e. The zero-order chi connectivity index (χ0) is 7.68. The predicted octanol–water partition coefficient (Wildman–Crippen LogP) is 0.0938. The Labute approximate surface area is 69.0 Å².